The highest BCUT2D eigenvalue weighted by Crippen LogP contribution is 2.20. The molecule has 0 radical (unpaired) electrons. The number of anilines is 1. The van der Waals surface area contributed by atoms with Crippen molar-refractivity contribution in [1.29, 1.82) is 0 Å². The Hall–Kier alpha value is -1.94. The highest BCUT2D eigenvalue weighted by atomic mass is 35.5. The van der Waals surface area contributed by atoms with Gasteiger partial charge in [-0.1, -0.05) is 17.7 Å². The van der Waals surface area contributed by atoms with Crippen molar-refractivity contribution in [3.8, 4) is 0 Å². The molecular formula is C12H10ClNO3. The molecule has 2 rings (SSSR count). The van der Waals surface area contributed by atoms with Gasteiger partial charge in [-0.15, -0.1) is 0 Å². The third-order valence-electron chi connectivity index (χ3n) is 2.22. The molecule has 0 saturated heterocycles. The topological polar surface area (TPSA) is 38.8 Å². The third kappa shape index (κ3) is 2.60. The van der Waals surface area contributed by atoms with E-state index in [0.29, 0.717) is 10.7 Å². The number of ether oxygens (including phenoxy) is 2. The lowest BCUT2D eigenvalue weighted by Crippen LogP contribution is -2.28. The Bertz CT molecular complexity index is 496. The quantitative estimate of drug-likeness (QED) is 0.811. The lowest BCUT2D eigenvalue weighted by atomic mass is 10.3. The van der Waals surface area contributed by atoms with Gasteiger partial charge in [0.15, 0.2) is 0 Å². The largest absolute Gasteiger partial charge is 0.465 e. The summed E-state index contributed by atoms with van der Waals surface area (Å²) in [5.74, 6) is -0.188. The van der Waals surface area contributed by atoms with E-state index in [9.17, 15) is 4.79 Å². The second kappa shape index (κ2) is 4.93. The summed E-state index contributed by atoms with van der Waals surface area (Å²) >= 11 is 5.86. The number of likely N-dealkylation sites (N-methyl/N-ethyl adjacent to an activating group) is 1. The zero-order chi connectivity index (χ0) is 12.3. The molecule has 0 N–H and O–H groups in total. The molecule has 1 heterocycles. The number of nitrogens with zero attached hydrogens (tertiary/aromatic N) is 1. The summed E-state index contributed by atoms with van der Waals surface area (Å²) in [6.45, 7) is 0. The molecule has 88 valence electrons. The lowest BCUT2D eigenvalue weighted by Gasteiger charge is -2.19. The normalized spacial score (nSPS) is 13.4. The fourth-order valence-electron chi connectivity index (χ4n) is 1.33. The van der Waals surface area contributed by atoms with Gasteiger partial charge >= 0.3 is 0 Å². The number of benzene rings is 1. The minimum absolute atomic E-state index is 0.120. The summed E-state index contributed by atoms with van der Waals surface area (Å²) in [6, 6.07) is 6.99. The van der Waals surface area contributed by atoms with E-state index in [-0.39, 0.29) is 11.7 Å². The number of amides is 1. The van der Waals surface area contributed by atoms with Crippen LogP contribution < -0.4 is 4.90 Å². The second-order valence-electron chi connectivity index (χ2n) is 3.35. The monoisotopic (exact) mass is 251 g/mol. The van der Waals surface area contributed by atoms with Gasteiger partial charge in [0.25, 0.3) is 5.91 Å². The number of hydrogen-bond donors (Lipinski definition) is 0. The highest BCUT2D eigenvalue weighted by Gasteiger charge is 2.19. The minimum atomic E-state index is -0.309. The van der Waals surface area contributed by atoms with Crippen molar-refractivity contribution in [2.24, 2.45) is 0 Å². The maximum atomic E-state index is 12.0. The summed E-state index contributed by atoms with van der Waals surface area (Å²) in [5, 5.41) is 0.567. The van der Waals surface area contributed by atoms with E-state index in [1.807, 2.05) is 0 Å². The highest BCUT2D eigenvalue weighted by molar-refractivity contribution is 6.31. The zero-order valence-electron chi connectivity index (χ0n) is 9.09. The van der Waals surface area contributed by atoms with E-state index >= 15 is 0 Å². The van der Waals surface area contributed by atoms with Gasteiger partial charge < -0.3 is 14.4 Å². The van der Waals surface area contributed by atoms with Crippen LogP contribution in [-0.4, -0.2) is 13.0 Å². The molecule has 0 saturated carbocycles. The van der Waals surface area contributed by atoms with Crippen LogP contribution in [0.1, 0.15) is 0 Å². The molecule has 0 atom stereocenters. The van der Waals surface area contributed by atoms with Crippen molar-refractivity contribution in [1.82, 2.24) is 0 Å². The van der Waals surface area contributed by atoms with E-state index in [2.05, 4.69) is 0 Å². The second-order valence-corrected chi connectivity index (χ2v) is 3.79. The summed E-state index contributed by atoms with van der Waals surface area (Å²) in [6.07, 6.45) is 3.90. The van der Waals surface area contributed by atoms with Crippen molar-refractivity contribution >= 4 is 23.2 Å². The molecule has 1 aromatic carbocycles. The summed E-state index contributed by atoms with van der Waals surface area (Å²) < 4.78 is 9.92. The lowest BCUT2D eigenvalue weighted by molar-refractivity contribution is -0.117. The van der Waals surface area contributed by atoms with Crippen LogP contribution in [0.15, 0.2) is 48.8 Å². The van der Waals surface area contributed by atoms with Crippen molar-refractivity contribution in [2.75, 3.05) is 11.9 Å². The van der Waals surface area contributed by atoms with Crippen molar-refractivity contribution in [3.63, 3.8) is 0 Å². The first kappa shape index (κ1) is 11.5. The predicted molar refractivity (Wildman–Crippen MR) is 64.3 cm³/mol. The smallest absolute Gasteiger partial charge is 0.296 e. The fraction of sp³-hybridized carbons (Fsp3) is 0.0833. The van der Waals surface area contributed by atoms with Gasteiger partial charge in [0.1, 0.15) is 18.8 Å². The Kier molecular flexibility index (Phi) is 3.35. The molecule has 0 aromatic heterocycles. The van der Waals surface area contributed by atoms with Crippen LogP contribution in [0, 0.1) is 0 Å². The number of carbonyl (C=O) groups excluding carboxylic acids is 1. The molecule has 0 aliphatic carbocycles. The molecule has 17 heavy (non-hydrogen) atoms. The average Bonchev–Trinajstić information content (AvgIpc) is 2.38. The first-order valence-electron chi connectivity index (χ1n) is 4.89. The molecule has 1 amide bonds. The Labute approximate surface area is 104 Å². The number of rotatable bonds is 2. The summed E-state index contributed by atoms with van der Waals surface area (Å²) in [5.41, 5.74) is 0.682. The average molecular weight is 252 g/mol. The Morgan fingerprint density at radius 2 is 2.18 bits per heavy atom. The maximum Gasteiger partial charge on any atom is 0.296 e. The molecule has 1 aliphatic rings. The summed E-state index contributed by atoms with van der Waals surface area (Å²) in [7, 11) is 1.64. The van der Waals surface area contributed by atoms with Gasteiger partial charge in [0.05, 0.1) is 0 Å². The van der Waals surface area contributed by atoms with E-state index in [1.54, 1.807) is 31.3 Å². The first-order valence-corrected chi connectivity index (χ1v) is 5.27. The van der Waals surface area contributed by atoms with E-state index in [4.69, 9.17) is 21.1 Å². The van der Waals surface area contributed by atoms with Crippen molar-refractivity contribution in [3.05, 3.63) is 53.8 Å². The van der Waals surface area contributed by atoms with Gasteiger partial charge in [0.2, 0.25) is 5.76 Å². The van der Waals surface area contributed by atoms with Crippen LogP contribution in [0.2, 0.25) is 5.02 Å². The van der Waals surface area contributed by atoms with Gasteiger partial charge in [-0.05, 0) is 18.2 Å². The van der Waals surface area contributed by atoms with Crippen LogP contribution in [0.3, 0.4) is 0 Å². The SMILES string of the molecule is CN(C(=O)C1=COC=CO1)c1cccc(Cl)c1. The van der Waals surface area contributed by atoms with Gasteiger partial charge in [-0.25, -0.2) is 0 Å². The van der Waals surface area contributed by atoms with E-state index in [1.165, 1.54) is 23.7 Å². The Morgan fingerprint density at radius 1 is 1.35 bits per heavy atom. The molecule has 0 bridgehead atoms. The molecular weight excluding hydrogens is 242 g/mol. The van der Waals surface area contributed by atoms with Gasteiger partial charge in [0, 0.05) is 17.8 Å². The summed E-state index contributed by atoms with van der Waals surface area (Å²) in [4.78, 5) is 13.4. The molecule has 0 unspecified atom stereocenters. The van der Waals surface area contributed by atoms with Crippen LogP contribution in [-0.2, 0) is 14.3 Å². The Morgan fingerprint density at radius 3 is 2.82 bits per heavy atom. The molecule has 4 nitrogen and oxygen atoms in total. The zero-order valence-corrected chi connectivity index (χ0v) is 9.85. The standard InChI is InChI=1S/C12H10ClNO3/c1-14(10-4-2-3-9(13)7-10)12(15)11-8-16-5-6-17-11/h2-8H,1H3. The van der Waals surface area contributed by atoms with Crippen LogP contribution in [0.4, 0.5) is 5.69 Å². The van der Waals surface area contributed by atoms with Crippen LogP contribution in [0.5, 0.6) is 0 Å². The maximum absolute atomic E-state index is 12.0. The molecule has 1 aromatic rings. The van der Waals surface area contributed by atoms with E-state index < -0.39 is 0 Å². The first-order chi connectivity index (χ1) is 8.18. The van der Waals surface area contributed by atoms with Crippen LogP contribution in [0.25, 0.3) is 0 Å². The molecule has 0 spiro atoms. The third-order valence-corrected chi connectivity index (χ3v) is 2.45. The number of carbonyl (C=O) groups is 1. The van der Waals surface area contributed by atoms with E-state index in [0.717, 1.165) is 0 Å². The number of halogens is 1. The van der Waals surface area contributed by atoms with Crippen molar-refractivity contribution in [2.45, 2.75) is 0 Å². The van der Waals surface area contributed by atoms with Gasteiger partial charge in [-0.2, -0.15) is 0 Å². The molecule has 1 aliphatic heterocycles. The van der Waals surface area contributed by atoms with Crippen molar-refractivity contribution < 1.29 is 14.3 Å². The Balaban J connectivity index is 2.17. The predicted octanol–water partition coefficient (Wildman–Crippen LogP) is 2.66. The van der Waals surface area contributed by atoms with Gasteiger partial charge in [-0.3, -0.25) is 4.79 Å². The fourth-order valence-corrected chi connectivity index (χ4v) is 1.51. The molecule has 5 heteroatoms. The van der Waals surface area contributed by atoms with Crippen LogP contribution >= 0.6 is 11.6 Å². The minimum Gasteiger partial charge on any atom is -0.465 e. The number of hydrogen-bond acceptors (Lipinski definition) is 3. The molecule has 0 fully saturated rings.